The van der Waals surface area contributed by atoms with E-state index in [4.69, 9.17) is 0 Å². The summed E-state index contributed by atoms with van der Waals surface area (Å²) < 4.78 is 8.33. The van der Waals surface area contributed by atoms with Gasteiger partial charge in [-0.15, -0.1) is 0 Å². The van der Waals surface area contributed by atoms with Crippen LogP contribution in [0.3, 0.4) is 0 Å². The first kappa shape index (κ1) is 34.1. The molecule has 1 aliphatic rings. The monoisotopic (exact) mass is 698 g/mol. The summed E-state index contributed by atoms with van der Waals surface area (Å²) in [5.74, 6) is -1.29. The van der Waals surface area contributed by atoms with Gasteiger partial charge in [0.15, 0.2) is 0 Å². The number of carbonyl (C=O) groups excluding carboxylic acids is 4. The van der Waals surface area contributed by atoms with Crippen LogP contribution >= 0.6 is 0 Å². The van der Waals surface area contributed by atoms with Crippen molar-refractivity contribution in [1.82, 2.24) is 14.5 Å². The molecular formula is C40H38N6O6. The third-order valence-corrected chi connectivity index (χ3v) is 9.32. The Kier molecular flexibility index (Phi) is 9.72. The number of anilines is 3. The van der Waals surface area contributed by atoms with Crippen LogP contribution in [0.5, 0.6) is 0 Å². The summed E-state index contributed by atoms with van der Waals surface area (Å²) >= 11 is 0. The molecular weight excluding hydrogens is 660 g/mol. The molecule has 0 atom stereocenters. The van der Waals surface area contributed by atoms with Crippen LogP contribution in [0.4, 0.5) is 17.1 Å². The first-order chi connectivity index (χ1) is 25.2. The van der Waals surface area contributed by atoms with Crippen molar-refractivity contribution in [3.8, 4) is 5.69 Å². The van der Waals surface area contributed by atoms with Gasteiger partial charge in [-0.05, 0) is 110 Å². The summed E-state index contributed by atoms with van der Waals surface area (Å²) in [5.41, 5.74) is 6.05. The molecule has 2 aromatic heterocycles. The highest BCUT2D eigenvalue weighted by atomic mass is 16.5. The molecule has 1 aliphatic heterocycles. The van der Waals surface area contributed by atoms with Crippen LogP contribution < -0.4 is 20.9 Å². The van der Waals surface area contributed by atoms with Crippen molar-refractivity contribution in [3.63, 3.8) is 0 Å². The molecule has 0 aliphatic carbocycles. The second-order valence-electron chi connectivity index (χ2n) is 12.7. The van der Waals surface area contributed by atoms with Crippen molar-refractivity contribution in [2.75, 3.05) is 42.3 Å². The van der Waals surface area contributed by atoms with Crippen molar-refractivity contribution in [3.05, 3.63) is 121 Å². The highest BCUT2D eigenvalue weighted by molar-refractivity contribution is 6.06. The van der Waals surface area contributed by atoms with Gasteiger partial charge in [0, 0.05) is 75.6 Å². The Balaban J connectivity index is 0.963. The van der Waals surface area contributed by atoms with Crippen molar-refractivity contribution in [2.24, 2.45) is 0 Å². The zero-order valence-electron chi connectivity index (χ0n) is 28.5. The molecule has 6 aromatic rings. The van der Waals surface area contributed by atoms with Crippen molar-refractivity contribution in [1.29, 1.82) is 0 Å². The van der Waals surface area contributed by atoms with Gasteiger partial charge in [-0.2, -0.15) is 0 Å². The normalized spacial score (nSPS) is 13.2. The zero-order valence-corrected chi connectivity index (χ0v) is 28.5. The Hall–Kier alpha value is -6.40. The van der Waals surface area contributed by atoms with E-state index in [0.717, 1.165) is 59.1 Å². The number of methoxy groups -OCH3 is 1. The predicted molar refractivity (Wildman–Crippen MR) is 200 cm³/mol. The van der Waals surface area contributed by atoms with E-state index < -0.39 is 5.97 Å². The van der Waals surface area contributed by atoms with Crippen molar-refractivity contribution < 1.29 is 29.0 Å². The smallest absolute Gasteiger partial charge is 0.325 e. The van der Waals surface area contributed by atoms with Gasteiger partial charge in [-0.1, -0.05) is 0 Å². The number of aliphatic hydroxyl groups is 1. The lowest BCUT2D eigenvalue weighted by Crippen LogP contribution is -2.35. The van der Waals surface area contributed by atoms with Crippen molar-refractivity contribution in [2.45, 2.75) is 25.5 Å². The number of aromatic nitrogens is 2. The average Bonchev–Trinajstić information content (AvgIpc) is 3.77. The number of hydrogen-bond acceptors (Lipinski definition) is 7. The number of fused-ring (bicyclic) bond motifs is 2. The summed E-state index contributed by atoms with van der Waals surface area (Å²) in [6.45, 7) is 1.44. The minimum atomic E-state index is -0.521. The average molecular weight is 699 g/mol. The fourth-order valence-corrected chi connectivity index (χ4v) is 6.44. The van der Waals surface area contributed by atoms with E-state index >= 15 is 0 Å². The fourth-order valence-electron chi connectivity index (χ4n) is 6.44. The SMILES string of the molecule is COC(=O)CNC(=O)Cn1ccc2cc(NC(=O)c3ccc(-n4ccc5cc(NC(=O)c6ccc(N7CCC(O)CC7)cc6)ccc54)cc3)ccc21. The first-order valence-corrected chi connectivity index (χ1v) is 17.0. The van der Waals surface area contributed by atoms with Crippen LogP contribution in [0.2, 0.25) is 0 Å². The maximum atomic E-state index is 13.1. The first-order valence-electron chi connectivity index (χ1n) is 17.0. The molecule has 0 bridgehead atoms. The van der Waals surface area contributed by atoms with E-state index in [0.29, 0.717) is 22.5 Å². The van der Waals surface area contributed by atoms with Crippen LogP contribution in [-0.2, 0) is 20.9 Å². The van der Waals surface area contributed by atoms with Gasteiger partial charge in [-0.3, -0.25) is 19.2 Å². The van der Waals surface area contributed by atoms with Gasteiger partial charge in [0.1, 0.15) is 13.1 Å². The second-order valence-corrected chi connectivity index (χ2v) is 12.7. The van der Waals surface area contributed by atoms with Gasteiger partial charge in [0.25, 0.3) is 11.8 Å². The van der Waals surface area contributed by atoms with Gasteiger partial charge in [0.05, 0.1) is 18.7 Å². The van der Waals surface area contributed by atoms with Crippen LogP contribution in [0.15, 0.2) is 109 Å². The van der Waals surface area contributed by atoms with E-state index in [1.165, 1.54) is 7.11 Å². The number of amides is 3. The highest BCUT2D eigenvalue weighted by Crippen LogP contribution is 2.26. The summed E-state index contributed by atoms with van der Waals surface area (Å²) in [6, 6.07) is 29.9. The molecule has 0 spiro atoms. The van der Waals surface area contributed by atoms with Gasteiger partial charge < -0.3 is 39.8 Å². The molecule has 12 heteroatoms. The minimum absolute atomic E-state index is 0.0371. The summed E-state index contributed by atoms with van der Waals surface area (Å²) in [6.07, 6.45) is 4.99. The number of nitrogens with one attached hydrogen (secondary N) is 3. The maximum absolute atomic E-state index is 13.1. The predicted octanol–water partition coefficient (Wildman–Crippen LogP) is 5.34. The number of hydrogen-bond donors (Lipinski definition) is 4. The molecule has 1 fully saturated rings. The summed E-state index contributed by atoms with van der Waals surface area (Å²) in [7, 11) is 1.26. The largest absolute Gasteiger partial charge is 0.468 e. The number of piperidine rings is 1. The van der Waals surface area contributed by atoms with Crippen molar-refractivity contribution >= 4 is 62.6 Å². The third-order valence-electron chi connectivity index (χ3n) is 9.32. The Morgan fingerprint density at radius 1 is 0.712 bits per heavy atom. The van der Waals surface area contributed by atoms with Crippen LogP contribution in [0.25, 0.3) is 27.5 Å². The quantitative estimate of drug-likeness (QED) is 0.141. The minimum Gasteiger partial charge on any atom is -0.468 e. The van der Waals surface area contributed by atoms with E-state index in [1.807, 2.05) is 89.6 Å². The van der Waals surface area contributed by atoms with Crippen LogP contribution in [0.1, 0.15) is 33.6 Å². The molecule has 4 aromatic carbocycles. The molecule has 7 rings (SSSR count). The zero-order chi connectivity index (χ0) is 36.2. The van der Waals surface area contributed by atoms with E-state index in [9.17, 15) is 24.3 Å². The number of rotatable bonds is 10. The summed E-state index contributed by atoms with van der Waals surface area (Å²) in [4.78, 5) is 51.9. The number of ether oxygens (including phenoxy) is 1. The molecule has 12 nitrogen and oxygen atoms in total. The highest BCUT2D eigenvalue weighted by Gasteiger charge is 2.18. The number of benzene rings is 4. The molecule has 0 unspecified atom stereocenters. The second kappa shape index (κ2) is 14.8. The molecule has 0 radical (unpaired) electrons. The lowest BCUT2D eigenvalue weighted by Gasteiger charge is -2.31. The van der Waals surface area contributed by atoms with E-state index in [-0.39, 0.29) is 36.9 Å². The molecule has 264 valence electrons. The number of aliphatic hydroxyl groups excluding tert-OH is 1. The molecule has 3 heterocycles. The Morgan fingerprint density at radius 2 is 1.27 bits per heavy atom. The lowest BCUT2D eigenvalue weighted by atomic mass is 10.1. The Morgan fingerprint density at radius 3 is 1.88 bits per heavy atom. The molecule has 52 heavy (non-hydrogen) atoms. The standard InChI is InChI=1S/C40H38N6O6/c1-52-38(49)24-41-37(48)25-45-18-14-28-22-30(6-12-35(28)45)42-40(51)27-4-10-33(11-5-27)46-21-15-29-23-31(7-13-36(29)46)43-39(50)26-2-8-32(9-3-26)44-19-16-34(47)17-20-44/h2-15,18,21-23,34,47H,16-17,19-20,24-25H2,1H3,(H,41,48)(H,42,51)(H,43,50). The Bertz CT molecular complexity index is 2270. The Labute approximate surface area is 299 Å². The van der Waals surface area contributed by atoms with Gasteiger partial charge >= 0.3 is 5.97 Å². The molecule has 0 saturated carbocycles. The van der Waals surface area contributed by atoms with Crippen LogP contribution in [-0.4, -0.2) is 70.8 Å². The molecule has 1 saturated heterocycles. The fraction of sp³-hybridized carbons (Fsp3) is 0.200. The van der Waals surface area contributed by atoms with E-state index in [2.05, 4.69) is 25.6 Å². The summed E-state index contributed by atoms with van der Waals surface area (Å²) in [5, 5.41) is 20.0. The molecule has 3 amide bonds. The number of nitrogens with zero attached hydrogens (tertiary/aromatic N) is 3. The lowest BCUT2D eigenvalue weighted by molar-refractivity contribution is -0.141. The molecule has 4 N–H and O–H groups in total. The number of carbonyl (C=O) groups is 4. The van der Waals surface area contributed by atoms with Gasteiger partial charge in [0.2, 0.25) is 5.91 Å². The number of esters is 1. The van der Waals surface area contributed by atoms with Gasteiger partial charge in [-0.25, -0.2) is 0 Å². The van der Waals surface area contributed by atoms with Crippen LogP contribution in [0, 0.1) is 0 Å². The maximum Gasteiger partial charge on any atom is 0.325 e. The third kappa shape index (κ3) is 7.52. The topological polar surface area (TPSA) is 147 Å². The van der Waals surface area contributed by atoms with E-state index in [1.54, 1.807) is 29.0 Å².